The zero-order valence-corrected chi connectivity index (χ0v) is 18.7. The number of aromatic nitrogens is 3. The Labute approximate surface area is 185 Å². The van der Waals surface area contributed by atoms with E-state index in [0.29, 0.717) is 11.3 Å². The van der Waals surface area contributed by atoms with Crippen LogP contribution < -0.4 is 10.2 Å². The quantitative estimate of drug-likeness (QED) is 0.483. The molecule has 0 atom stereocenters. The number of carbonyl (C=O) groups excluding carboxylic acids is 1. The van der Waals surface area contributed by atoms with E-state index in [1.54, 1.807) is 6.20 Å². The molecule has 1 N–H and O–H groups in total. The van der Waals surface area contributed by atoms with Crippen molar-refractivity contribution in [3.8, 4) is 0 Å². The van der Waals surface area contributed by atoms with E-state index in [1.165, 1.54) is 16.1 Å². The van der Waals surface area contributed by atoms with Crippen LogP contribution in [0.2, 0.25) is 0 Å². The van der Waals surface area contributed by atoms with Crippen LogP contribution in [0.15, 0.2) is 48.0 Å². The van der Waals surface area contributed by atoms with E-state index in [2.05, 4.69) is 57.7 Å². The predicted molar refractivity (Wildman–Crippen MR) is 126 cm³/mol. The van der Waals surface area contributed by atoms with Gasteiger partial charge in [0.25, 0.3) is 5.91 Å². The fourth-order valence-electron chi connectivity index (χ4n) is 4.10. The van der Waals surface area contributed by atoms with E-state index < -0.39 is 0 Å². The lowest BCUT2D eigenvalue weighted by atomic mass is 10.1. The smallest absolute Gasteiger partial charge is 0.257 e. The van der Waals surface area contributed by atoms with Crippen LogP contribution in [0.25, 0.3) is 11.0 Å². The van der Waals surface area contributed by atoms with Gasteiger partial charge in [-0.2, -0.15) is 5.10 Å². The molecule has 1 aromatic carbocycles. The van der Waals surface area contributed by atoms with Gasteiger partial charge in [-0.15, -0.1) is 11.3 Å². The highest BCUT2D eigenvalue weighted by molar-refractivity contribution is 7.10. The van der Waals surface area contributed by atoms with Crippen molar-refractivity contribution in [3.63, 3.8) is 0 Å². The van der Waals surface area contributed by atoms with Gasteiger partial charge in [-0.25, -0.2) is 9.67 Å². The summed E-state index contributed by atoms with van der Waals surface area (Å²) >= 11 is 1.85. The summed E-state index contributed by atoms with van der Waals surface area (Å²) in [6.07, 6.45) is 2.86. The molecule has 1 amide bonds. The molecular formula is C24H25N5OS. The van der Waals surface area contributed by atoms with Gasteiger partial charge in [0.05, 0.1) is 17.5 Å². The van der Waals surface area contributed by atoms with Crippen LogP contribution in [0.1, 0.15) is 46.4 Å². The first-order chi connectivity index (χ1) is 15.0. The van der Waals surface area contributed by atoms with Gasteiger partial charge in [-0.1, -0.05) is 0 Å². The topological polar surface area (TPSA) is 63.1 Å². The second kappa shape index (κ2) is 7.81. The third-order valence-electron chi connectivity index (χ3n) is 5.79. The number of hydrogen-bond acceptors (Lipinski definition) is 5. The summed E-state index contributed by atoms with van der Waals surface area (Å²) in [4.78, 5) is 21.5. The van der Waals surface area contributed by atoms with Gasteiger partial charge in [-0.3, -0.25) is 4.79 Å². The molecule has 4 heterocycles. The lowest BCUT2D eigenvalue weighted by Gasteiger charge is -2.29. The van der Waals surface area contributed by atoms with E-state index in [1.807, 2.05) is 41.1 Å². The minimum Gasteiger partial charge on any atom is -0.367 e. The maximum atomic E-state index is 12.9. The molecule has 3 aromatic heterocycles. The van der Waals surface area contributed by atoms with Crippen molar-refractivity contribution < 1.29 is 4.79 Å². The molecule has 158 valence electrons. The number of aryl methyl sites for hydroxylation is 1. The standard InChI is InChI=1S/C24H25N5OS/c1-15(2)29-23-18(13-25-29)12-21(16(3)26-23)24(30)27-19-4-6-20(7-5-19)28-10-8-22-17(14-28)9-11-31-22/h4-7,9,11-13,15H,8,10,14H2,1-3H3,(H,27,30). The van der Waals surface area contributed by atoms with E-state index >= 15 is 0 Å². The fraction of sp³-hybridized carbons (Fsp3) is 0.292. The Morgan fingerprint density at radius 1 is 1.19 bits per heavy atom. The Kier molecular flexibility index (Phi) is 4.98. The minimum atomic E-state index is -0.155. The molecule has 0 aliphatic carbocycles. The highest BCUT2D eigenvalue weighted by Crippen LogP contribution is 2.28. The van der Waals surface area contributed by atoms with Gasteiger partial charge in [0, 0.05) is 40.8 Å². The number of fused-ring (bicyclic) bond motifs is 2. The van der Waals surface area contributed by atoms with Crippen molar-refractivity contribution in [3.05, 3.63) is 69.7 Å². The summed E-state index contributed by atoms with van der Waals surface area (Å²) in [6, 6.07) is 12.4. The van der Waals surface area contributed by atoms with E-state index in [9.17, 15) is 4.79 Å². The summed E-state index contributed by atoms with van der Waals surface area (Å²) < 4.78 is 1.88. The van der Waals surface area contributed by atoms with Crippen molar-refractivity contribution in [2.75, 3.05) is 16.8 Å². The van der Waals surface area contributed by atoms with E-state index in [4.69, 9.17) is 0 Å². The Bertz CT molecular complexity index is 1250. The lowest BCUT2D eigenvalue weighted by molar-refractivity contribution is 0.102. The Hall–Kier alpha value is -3.19. The molecule has 1 aliphatic rings. The highest BCUT2D eigenvalue weighted by atomic mass is 32.1. The number of nitrogens with one attached hydrogen (secondary N) is 1. The first kappa shape index (κ1) is 19.8. The monoisotopic (exact) mass is 431 g/mol. The fourth-order valence-corrected chi connectivity index (χ4v) is 4.99. The predicted octanol–water partition coefficient (Wildman–Crippen LogP) is 5.20. The Morgan fingerprint density at radius 2 is 2.00 bits per heavy atom. The molecule has 6 nitrogen and oxygen atoms in total. The molecule has 31 heavy (non-hydrogen) atoms. The van der Waals surface area contributed by atoms with E-state index in [-0.39, 0.29) is 11.9 Å². The summed E-state index contributed by atoms with van der Waals surface area (Å²) in [5.74, 6) is -0.155. The number of nitrogens with zero attached hydrogens (tertiary/aromatic N) is 4. The number of rotatable bonds is 4. The molecule has 1 aliphatic heterocycles. The van der Waals surface area contributed by atoms with Crippen molar-refractivity contribution in [1.82, 2.24) is 14.8 Å². The Balaban J connectivity index is 1.32. The molecule has 0 fully saturated rings. The summed E-state index contributed by atoms with van der Waals surface area (Å²) in [5, 5.41) is 10.5. The molecule has 0 radical (unpaired) electrons. The number of benzene rings is 1. The van der Waals surface area contributed by atoms with Gasteiger partial charge < -0.3 is 10.2 Å². The second-order valence-corrected chi connectivity index (χ2v) is 9.26. The Morgan fingerprint density at radius 3 is 2.77 bits per heavy atom. The maximum Gasteiger partial charge on any atom is 0.257 e. The molecule has 5 rings (SSSR count). The van der Waals surface area contributed by atoms with Gasteiger partial charge >= 0.3 is 0 Å². The lowest BCUT2D eigenvalue weighted by Crippen LogP contribution is -2.29. The second-order valence-electron chi connectivity index (χ2n) is 8.26. The molecule has 4 aromatic rings. The third kappa shape index (κ3) is 3.70. The molecular weight excluding hydrogens is 406 g/mol. The van der Waals surface area contributed by atoms with Crippen LogP contribution in [0, 0.1) is 6.92 Å². The van der Waals surface area contributed by atoms with Crippen molar-refractivity contribution in [2.24, 2.45) is 0 Å². The largest absolute Gasteiger partial charge is 0.367 e. The minimum absolute atomic E-state index is 0.155. The van der Waals surface area contributed by atoms with Crippen molar-refractivity contribution in [2.45, 2.75) is 39.8 Å². The van der Waals surface area contributed by atoms with Gasteiger partial charge in [0.1, 0.15) is 0 Å². The summed E-state index contributed by atoms with van der Waals surface area (Å²) in [7, 11) is 0. The first-order valence-corrected chi connectivity index (χ1v) is 11.4. The first-order valence-electron chi connectivity index (χ1n) is 10.6. The van der Waals surface area contributed by atoms with Crippen molar-refractivity contribution in [1.29, 1.82) is 0 Å². The van der Waals surface area contributed by atoms with Crippen LogP contribution >= 0.6 is 11.3 Å². The van der Waals surface area contributed by atoms with Gasteiger partial charge in [0.2, 0.25) is 0 Å². The SMILES string of the molecule is Cc1nc2c(cnn2C(C)C)cc1C(=O)Nc1ccc(N2CCc3sccc3C2)cc1. The zero-order valence-electron chi connectivity index (χ0n) is 17.9. The van der Waals surface area contributed by atoms with Gasteiger partial charge in [-0.05, 0) is 74.5 Å². The van der Waals surface area contributed by atoms with E-state index in [0.717, 1.165) is 36.2 Å². The third-order valence-corrected chi connectivity index (χ3v) is 6.81. The number of anilines is 2. The van der Waals surface area contributed by atoms with Gasteiger partial charge in [0.15, 0.2) is 5.65 Å². The number of amides is 1. The average Bonchev–Trinajstić information content (AvgIpc) is 3.39. The maximum absolute atomic E-state index is 12.9. The molecule has 0 saturated heterocycles. The highest BCUT2D eigenvalue weighted by Gasteiger charge is 2.18. The number of carbonyl (C=O) groups is 1. The molecule has 0 spiro atoms. The van der Waals surface area contributed by atoms with Crippen LogP contribution in [0.5, 0.6) is 0 Å². The average molecular weight is 432 g/mol. The zero-order chi connectivity index (χ0) is 21.5. The van der Waals surface area contributed by atoms with Crippen LogP contribution in [-0.4, -0.2) is 27.2 Å². The number of hydrogen-bond donors (Lipinski definition) is 1. The summed E-state index contributed by atoms with van der Waals surface area (Å²) in [5.41, 5.74) is 5.45. The summed E-state index contributed by atoms with van der Waals surface area (Å²) in [6.45, 7) is 7.96. The molecule has 7 heteroatoms. The van der Waals surface area contributed by atoms with Crippen LogP contribution in [-0.2, 0) is 13.0 Å². The molecule has 0 bridgehead atoms. The number of pyridine rings is 1. The van der Waals surface area contributed by atoms with Crippen LogP contribution in [0.4, 0.5) is 11.4 Å². The normalized spacial score (nSPS) is 13.6. The van der Waals surface area contributed by atoms with Crippen molar-refractivity contribution >= 4 is 39.7 Å². The number of thiophene rings is 1. The molecule has 0 unspecified atom stereocenters. The van der Waals surface area contributed by atoms with Crippen LogP contribution in [0.3, 0.4) is 0 Å². The molecule has 0 saturated carbocycles.